The van der Waals surface area contributed by atoms with E-state index >= 15 is 0 Å². The Morgan fingerprint density at radius 3 is 1.76 bits per heavy atom. The number of methoxy groups -OCH3 is 2. The molecule has 55 heavy (non-hydrogen) atoms. The number of nitrogens with one attached hydrogen (secondary N) is 1. The third-order valence-electron chi connectivity index (χ3n) is 11.2. The second-order valence-corrected chi connectivity index (χ2v) is 14.8. The van der Waals surface area contributed by atoms with Gasteiger partial charge >= 0.3 is 0 Å². The number of piperidine rings is 2. The number of pyridine rings is 4. The fourth-order valence-electron chi connectivity index (χ4n) is 7.82. The van der Waals surface area contributed by atoms with Crippen LogP contribution < -0.4 is 31.6 Å². The van der Waals surface area contributed by atoms with Crippen molar-refractivity contribution in [3.63, 3.8) is 0 Å². The zero-order valence-corrected chi connectivity index (χ0v) is 32.2. The van der Waals surface area contributed by atoms with Gasteiger partial charge < -0.3 is 39.5 Å². The second kappa shape index (κ2) is 18.2. The van der Waals surface area contributed by atoms with Gasteiger partial charge in [-0.1, -0.05) is 0 Å². The predicted octanol–water partition coefficient (Wildman–Crippen LogP) is 3.16. The predicted molar refractivity (Wildman–Crippen MR) is 214 cm³/mol. The summed E-state index contributed by atoms with van der Waals surface area (Å²) >= 11 is 0. The smallest absolute Gasteiger partial charge is 0.251 e. The summed E-state index contributed by atoms with van der Waals surface area (Å²) in [5.74, 6) is 1.33. The van der Waals surface area contributed by atoms with E-state index in [4.69, 9.17) is 20.2 Å². The molecule has 14 nitrogen and oxygen atoms in total. The average Bonchev–Trinajstić information content (AvgIpc) is 3.23. The summed E-state index contributed by atoms with van der Waals surface area (Å²) in [5.41, 5.74) is 12.6. The maximum atomic E-state index is 12.5. The van der Waals surface area contributed by atoms with Gasteiger partial charge in [0, 0.05) is 69.1 Å². The van der Waals surface area contributed by atoms with Crippen LogP contribution in [0.1, 0.15) is 55.6 Å². The molecule has 0 radical (unpaired) electrons. The van der Waals surface area contributed by atoms with Crippen LogP contribution in [0.5, 0.6) is 11.5 Å². The molecule has 3 aliphatic rings. The van der Waals surface area contributed by atoms with Gasteiger partial charge in [-0.15, -0.1) is 0 Å². The Labute approximate surface area is 321 Å². The van der Waals surface area contributed by atoms with E-state index in [1.165, 1.54) is 24.2 Å². The minimum absolute atomic E-state index is 0.000245. The summed E-state index contributed by atoms with van der Waals surface area (Å²) in [6.07, 6.45) is 14.1. The van der Waals surface area contributed by atoms with E-state index in [0.717, 1.165) is 112 Å². The van der Waals surface area contributed by atoms with Gasteiger partial charge in [0.1, 0.15) is 11.5 Å². The molecular formula is C41H54N10O4. The van der Waals surface area contributed by atoms with Crippen molar-refractivity contribution >= 4 is 22.1 Å². The van der Waals surface area contributed by atoms with Gasteiger partial charge in [0.25, 0.3) is 11.1 Å². The van der Waals surface area contributed by atoms with Crippen LogP contribution in [0.4, 0.5) is 0 Å². The highest BCUT2D eigenvalue weighted by atomic mass is 16.5. The number of aromatic nitrogens is 6. The van der Waals surface area contributed by atoms with Gasteiger partial charge in [0.2, 0.25) is 0 Å². The topological polar surface area (TPSA) is 159 Å². The molecule has 0 atom stereocenters. The molecular weight excluding hydrogens is 697 g/mol. The van der Waals surface area contributed by atoms with E-state index in [0.29, 0.717) is 36.7 Å². The molecule has 8 rings (SSSR count). The third-order valence-corrected chi connectivity index (χ3v) is 11.2. The minimum atomic E-state index is -0.00346. The molecule has 0 bridgehead atoms. The summed E-state index contributed by atoms with van der Waals surface area (Å²) in [7, 11) is 3.22. The van der Waals surface area contributed by atoms with Gasteiger partial charge in [-0.05, 0) is 89.7 Å². The standard InChI is InChI=1S/C25H32N6O2.C16H22N4O2/c1-33-20-14-24-23(28-17-20)6-7-25(32)31(24)13-12-30-10-8-18(9-11-30)26-15-19-16-27-21-4-2-3-5-22(21)29-19;1-22-13-10-15-14(18-11-13)2-3-16(21)20(15)9-8-19-6-4-12(17)5-7-19/h6-7,14,16-18,26H,2-5,8-13,15H2,1H3;2-3,10-12H,4-9,17H2,1H3. The lowest BCUT2D eigenvalue weighted by Gasteiger charge is -2.32. The van der Waals surface area contributed by atoms with Crippen molar-refractivity contribution in [2.45, 2.75) is 83.1 Å². The van der Waals surface area contributed by atoms with Crippen LogP contribution in [0.2, 0.25) is 0 Å². The molecule has 0 saturated carbocycles. The molecule has 292 valence electrons. The second-order valence-electron chi connectivity index (χ2n) is 14.8. The van der Waals surface area contributed by atoms with Crippen LogP contribution in [0, 0.1) is 0 Å². The Kier molecular flexibility index (Phi) is 12.8. The number of hydrogen-bond acceptors (Lipinski definition) is 12. The molecule has 2 aliphatic heterocycles. The van der Waals surface area contributed by atoms with Crippen LogP contribution in [-0.4, -0.2) is 104 Å². The van der Waals surface area contributed by atoms with E-state index in [-0.39, 0.29) is 11.1 Å². The number of fused-ring (bicyclic) bond motifs is 3. The highest BCUT2D eigenvalue weighted by molar-refractivity contribution is 5.76. The molecule has 0 unspecified atom stereocenters. The van der Waals surface area contributed by atoms with E-state index in [9.17, 15) is 9.59 Å². The Morgan fingerprint density at radius 2 is 1.22 bits per heavy atom. The number of hydrogen-bond donors (Lipinski definition) is 2. The van der Waals surface area contributed by atoms with Crippen LogP contribution in [0.3, 0.4) is 0 Å². The number of nitrogens with zero attached hydrogens (tertiary/aromatic N) is 8. The van der Waals surface area contributed by atoms with Crippen molar-refractivity contribution in [2.24, 2.45) is 5.73 Å². The fraction of sp³-hybridized carbons (Fsp3) is 0.512. The van der Waals surface area contributed by atoms with Crippen molar-refractivity contribution in [3.05, 3.63) is 92.8 Å². The Balaban J connectivity index is 0.000000184. The zero-order valence-electron chi connectivity index (χ0n) is 32.2. The molecule has 2 saturated heterocycles. The van der Waals surface area contributed by atoms with Crippen molar-refractivity contribution in [3.8, 4) is 11.5 Å². The lowest BCUT2D eigenvalue weighted by molar-refractivity contribution is 0.191. The normalized spacial score (nSPS) is 17.1. The molecule has 3 N–H and O–H groups in total. The van der Waals surface area contributed by atoms with Gasteiger partial charge in [-0.2, -0.15) is 0 Å². The SMILES string of the molecule is COc1cnc2ccc(=O)n(CCN3CCC(N)CC3)c2c1.COc1cnc2ccc(=O)n(CCN3CCC(NCc4cnc5c(n4)CCCC5)CC3)c2c1. The zero-order chi connectivity index (χ0) is 38.1. The van der Waals surface area contributed by atoms with Crippen LogP contribution in [0.25, 0.3) is 22.1 Å². The van der Waals surface area contributed by atoms with Crippen LogP contribution in [0.15, 0.2) is 64.6 Å². The monoisotopic (exact) mass is 750 g/mol. The van der Waals surface area contributed by atoms with Gasteiger partial charge in [0.05, 0.1) is 72.0 Å². The van der Waals surface area contributed by atoms with E-state index in [1.54, 1.807) is 55.4 Å². The van der Waals surface area contributed by atoms with Crippen molar-refractivity contribution < 1.29 is 9.47 Å². The number of aryl methyl sites for hydroxylation is 2. The highest BCUT2D eigenvalue weighted by Crippen LogP contribution is 2.20. The first-order valence-corrected chi connectivity index (χ1v) is 19.7. The number of nitrogens with two attached hydrogens (primary N) is 1. The molecule has 7 heterocycles. The van der Waals surface area contributed by atoms with Crippen LogP contribution >= 0.6 is 0 Å². The van der Waals surface area contributed by atoms with Crippen molar-refractivity contribution in [1.82, 2.24) is 44.2 Å². The number of rotatable bonds is 11. The quantitative estimate of drug-likeness (QED) is 0.204. The maximum Gasteiger partial charge on any atom is 0.251 e. The first-order valence-electron chi connectivity index (χ1n) is 19.7. The van der Waals surface area contributed by atoms with Crippen molar-refractivity contribution in [2.75, 3.05) is 53.5 Å². The molecule has 5 aromatic rings. The average molecular weight is 751 g/mol. The molecule has 2 fully saturated rings. The van der Waals surface area contributed by atoms with Gasteiger partial charge in [-0.3, -0.25) is 29.5 Å². The fourth-order valence-corrected chi connectivity index (χ4v) is 7.82. The van der Waals surface area contributed by atoms with Gasteiger partial charge in [0.15, 0.2) is 0 Å². The molecule has 0 spiro atoms. The lowest BCUT2D eigenvalue weighted by Crippen LogP contribution is -2.43. The maximum absolute atomic E-state index is 12.5. The summed E-state index contributed by atoms with van der Waals surface area (Å²) in [6, 6.07) is 11.3. The lowest BCUT2D eigenvalue weighted by atomic mass is 10.0. The molecule has 14 heteroatoms. The molecule has 1 aliphatic carbocycles. The summed E-state index contributed by atoms with van der Waals surface area (Å²) < 4.78 is 14.1. The van der Waals surface area contributed by atoms with Crippen LogP contribution in [-0.2, 0) is 32.5 Å². The van der Waals surface area contributed by atoms with E-state index < -0.39 is 0 Å². The van der Waals surface area contributed by atoms with Crippen molar-refractivity contribution in [1.29, 1.82) is 0 Å². The summed E-state index contributed by atoms with van der Waals surface area (Å²) in [6.45, 7) is 7.83. The molecule has 0 aromatic carbocycles. The Hall–Kier alpha value is -4.76. The summed E-state index contributed by atoms with van der Waals surface area (Å²) in [5, 5.41) is 3.68. The number of ether oxygens (including phenoxy) is 2. The Morgan fingerprint density at radius 1 is 0.691 bits per heavy atom. The van der Waals surface area contributed by atoms with E-state index in [2.05, 4.69) is 30.1 Å². The summed E-state index contributed by atoms with van der Waals surface area (Å²) in [4.78, 5) is 47.8. The Bertz CT molecular complexity index is 2170. The number of likely N-dealkylation sites (tertiary alicyclic amines) is 2. The minimum Gasteiger partial charge on any atom is -0.495 e. The highest BCUT2D eigenvalue weighted by Gasteiger charge is 2.20. The van der Waals surface area contributed by atoms with E-state index in [1.807, 2.05) is 22.9 Å². The van der Waals surface area contributed by atoms with Gasteiger partial charge in [-0.25, -0.2) is 0 Å². The largest absolute Gasteiger partial charge is 0.495 e. The first kappa shape index (κ1) is 38.5. The molecule has 5 aromatic heterocycles. The molecule has 0 amide bonds. The first-order chi connectivity index (χ1) is 26.9. The third kappa shape index (κ3) is 9.74.